The summed E-state index contributed by atoms with van der Waals surface area (Å²) in [4.78, 5) is 11.4. The first kappa shape index (κ1) is 13.3. The van der Waals surface area contributed by atoms with Gasteiger partial charge >= 0.3 is 5.97 Å². The van der Waals surface area contributed by atoms with Crippen molar-refractivity contribution in [2.24, 2.45) is 0 Å². The fourth-order valence-corrected chi connectivity index (χ4v) is 3.11. The number of ether oxygens (including phenoxy) is 3. The Kier molecular flexibility index (Phi) is 3.26. The summed E-state index contributed by atoms with van der Waals surface area (Å²) in [7, 11) is 0. The summed E-state index contributed by atoms with van der Waals surface area (Å²) < 4.78 is 16.5. The molecule has 2 heterocycles. The monoisotopic (exact) mass is 274 g/mol. The topological polar surface area (TPSA) is 105 Å². The van der Waals surface area contributed by atoms with Crippen molar-refractivity contribution in [1.29, 1.82) is 0 Å². The molecule has 3 rings (SSSR count). The fraction of sp³-hybridized carbons (Fsp3) is 0.917. The van der Waals surface area contributed by atoms with E-state index >= 15 is 0 Å². The second-order valence-electron chi connectivity index (χ2n) is 5.38. The highest BCUT2D eigenvalue weighted by molar-refractivity contribution is 5.78. The van der Waals surface area contributed by atoms with Crippen molar-refractivity contribution >= 4 is 5.97 Å². The number of esters is 1. The molecule has 3 N–H and O–H groups in total. The van der Waals surface area contributed by atoms with Gasteiger partial charge in [-0.25, -0.2) is 4.79 Å². The highest BCUT2D eigenvalue weighted by atomic mass is 16.8. The van der Waals surface area contributed by atoms with Crippen LogP contribution in [0.2, 0.25) is 0 Å². The van der Waals surface area contributed by atoms with Gasteiger partial charge in [0.05, 0.1) is 6.61 Å². The van der Waals surface area contributed by atoms with Gasteiger partial charge in [-0.05, 0) is 12.8 Å². The second kappa shape index (κ2) is 4.68. The molecule has 0 bridgehead atoms. The van der Waals surface area contributed by atoms with Crippen LogP contribution in [0.4, 0.5) is 0 Å². The smallest absolute Gasteiger partial charge is 0.338 e. The lowest BCUT2D eigenvalue weighted by Crippen LogP contribution is -2.60. The zero-order valence-electron chi connectivity index (χ0n) is 10.4. The molecule has 108 valence electrons. The number of carbonyl (C=O) groups excluding carboxylic acids is 1. The summed E-state index contributed by atoms with van der Waals surface area (Å²) in [6.07, 6.45) is -2.00. The van der Waals surface area contributed by atoms with Crippen LogP contribution in [0.25, 0.3) is 0 Å². The Labute approximate surface area is 110 Å². The Balaban J connectivity index is 1.88. The molecule has 3 aliphatic rings. The lowest BCUT2D eigenvalue weighted by atomic mass is 9.98. The van der Waals surface area contributed by atoms with E-state index in [0.29, 0.717) is 12.8 Å². The van der Waals surface area contributed by atoms with Crippen molar-refractivity contribution in [3.63, 3.8) is 0 Å². The highest BCUT2D eigenvalue weighted by Crippen LogP contribution is 2.44. The third kappa shape index (κ3) is 2.05. The Bertz CT molecular complexity index is 365. The van der Waals surface area contributed by atoms with E-state index in [2.05, 4.69) is 0 Å². The molecule has 1 spiro atoms. The van der Waals surface area contributed by atoms with E-state index in [-0.39, 0.29) is 0 Å². The van der Waals surface area contributed by atoms with Crippen LogP contribution in [0.3, 0.4) is 0 Å². The van der Waals surface area contributed by atoms with E-state index in [4.69, 9.17) is 19.3 Å². The SMILES string of the molecule is O=C1O[C@@H]2[C@@H](OC3(CCCC3)O[C@@H]2[C@H](O)CO)[C@H]1O. The molecular formula is C12H18O7. The van der Waals surface area contributed by atoms with Gasteiger partial charge in [-0.15, -0.1) is 0 Å². The Morgan fingerprint density at radius 1 is 1.26 bits per heavy atom. The van der Waals surface area contributed by atoms with Crippen LogP contribution >= 0.6 is 0 Å². The van der Waals surface area contributed by atoms with Gasteiger partial charge in [0, 0.05) is 12.8 Å². The number of carbonyl (C=O) groups is 1. The molecule has 0 radical (unpaired) electrons. The standard InChI is InChI=1S/C12H18O7/c13-5-6(14)8-10-9(7(15)11(16)17-10)19-12(18-8)3-1-2-4-12/h6-10,13-15H,1-5H2/t6-,7-,8-,9+,10+/m1/s1. The van der Waals surface area contributed by atoms with E-state index in [0.717, 1.165) is 12.8 Å². The van der Waals surface area contributed by atoms with Crippen LogP contribution in [0.15, 0.2) is 0 Å². The van der Waals surface area contributed by atoms with E-state index in [9.17, 15) is 15.0 Å². The number of rotatable bonds is 2. The van der Waals surface area contributed by atoms with Crippen molar-refractivity contribution < 1.29 is 34.3 Å². The number of aliphatic hydroxyl groups is 3. The molecule has 0 unspecified atom stereocenters. The van der Waals surface area contributed by atoms with Gasteiger partial charge in [0.1, 0.15) is 18.3 Å². The van der Waals surface area contributed by atoms with Crippen LogP contribution < -0.4 is 0 Å². The first-order valence-corrected chi connectivity index (χ1v) is 6.59. The normalized spacial score (nSPS) is 42.2. The van der Waals surface area contributed by atoms with Crippen molar-refractivity contribution in [3.05, 3.63) is 0 Å². The van der Waals surface area contributed by atoms with Crippen LogP contribution in [-0.2, 0) is 19.0 Å². The molecule has 0 aromatic carbocycles. The quantitative estimate of drug-likeness (QED) is 0.536. The minimum absolute atomic E-state index is 0.502. The minimum Gasteiger partial charge on any atom is -0.455 e. The zero-order valence-corrected chi connectivity index (χ0v) is 10.4. The van der Waals surface area contributed by atoms with E-state index in [1.54, 1.807) is 0 Å². The van der Waals surface area contributed by atoms with Gasteiger partial charge in [-0.3, -0.25) is 0 Å². The predicted octanol–water partition coefficient (Wildman–Crippen LogP) is -1.32. The van der Waals surface area contributed by atoms with Crippen LogP contribution in [0, 0.1) is 0 Å². The molecule has 7 heteroatoms. The molecule has 2 saturated heterocycles. The van der Waals surface area contributed by atoms with Crippen molar-refractivity contribution in [2.45, 2.75) is 62.0 Å². The summed E-state index contributed by atoms with van der Waals surface area (Å²) >= 11 is 0. The molecule has 0 aromatic rings. The summed E-state index contributed by atoms with van der Waals surface area (Å²) in [5.41, 5.74) is 0. The summed E-state index contributed by atoms with van der Waals surface area (Å²) in [5, 5.41) is 28.7. The first-order valence-electron chi connectivity index (χ1n) is 6.59. The number of fused-ring (bicyclic) bond motifs is 1. The van der Waals surface area contributed by atoms with Gasteiger partial charge in [0.25, 0.3) is 0 Å². The van der Waals surface area contributed by atoms with Gasteiger partial charge in [-0.1, -0.05) is 0 Å². The molecule has 1 saturated carbocycles. The summed E-state index contributed by atoms with van der Waals surface area (Å²) in [5.74, 6) is -1.65. The van der Waals surface area contributed by atoms with Crippen molar-refractivity contribution in [3.8, 4) is 0 Å². The highest BCUT2D eigenvalue weighted by Gasteiger charge is 2.59. The molecule has 19 heavy (non-hydrogen) atoms. The third-order valence-corrected chi connectivity index (χ3v) is 4.09. The predicted molar refractivity (Wildman–Crippen MR) is 59.9 cm³/mol. The second-order valence-corrected chi connectivity index (χ2v) is 5.38. The Morgan fingerprint density at radius 2 is 1.95 bits per heavy atom. The summed E-state index contributed by atoms with van der Waals surface area (Å²) in [6, 6.07) is 0. The number of aliphatic hydroxyl groups excluding tert-OH is 3. The maximum atomic E-state index is 11.4. The number of hydrogen-bond acceptors (Lipinski definition) is 7. The average molecular weight is 274 g/mol. The van der Waals surface area contributed by atoms with Gasteiger partial charge < -0.3 is 29.5 Å². The number of hydrogen-bond donors (Lipinski definition) is 3. The van der Waals surface area contributed by atoms with Crippen molar-refractivity contribution in [2.75, 3.05) is 6.61 Å². The molecule has 7 nitrogen and oxygen atoms in total. The molecule has 0 amide bonds. The van der Waals surface area contributed by atoms with Gasteiger partial charge in [0.15, 0.2) is 18.0 Å². The molecule has 5 atom stereocenters. The van der Waals surface area contributed by atoms with E-state index in [1.165, 1.54) is 0 Å². The molecule has 1 aliphatic carbocycles. The lowest BCUT2D eigenvalue weighted by molar-refractivity contribution is -0.353. The van der Waals surface area contributed by atoms with Crippen LogP contribution in [-0.4, -0.2) is 64.2 Å². The Morgan fingerprint density at radius 3 is 2.58 bits per heavy atom. The lowest BCUT2D eigenvalue weighted by Gasteiger charge is -2.45. The van der Waals surface area contributed by atoms with Crippen LogP contribution in [0.5, 0.6) is 0 Å². The Hall–Kier alpha value is -0.730. The largest absolute Gasteiger partial charge is 0.455 e. The average Bonchev–Trinajstić information content (AvgIpc) is 2.96. The zero-order chi connectivity index (χ0) is 13.6. The molecule has 0 aromatic heterocycles. The van der Waals surface area contributed by atoms with Gasteiger partial charge in [-0.2, -0.15) is 0 Å². The maximum absolute atomic E-state index is 11.4. The fourth-order valence-electron chi connectivity index (χ4n) is 3.11. The van der Waals surface area contributed by atoms with Crippen molar-refractivity contribution in [1.82, 2.24) is 0 Å². The molecule has 2 aliphatic heterocycles. The van der Waals surface area contributed by atoms with Gasteiger partial charge in [0.2, 0.25) is 0 Å². The van der Waals surface area contributed by atoms with E-state index in [1.807, 2.05) is 0 Å². The first-order chi connectivity index (χ1) is 9.06. The summed E-state index contributed by atoms with van der Waals surface area (Å²) in [6.45, 7) is -0.502. The minimum atomic E-state index is -1.36. The van der Waals surface area contributed by atoms with E-state index < -0.39 is 48.9 Å². The maximum Gasteiger partial charge on any atom is 0.338 e. The molecule has 3 fully saturated rings. The third-order valence-electron chi connectivity index (χ3n) is 4.09. The molecular weight excluding hydrogens is 256 g/mol. The van der Waals surface area contributed by atoms with Crippen LogP contribution in [0.1, 0.15) is 25.7 Å².